The first-order valence-electron chi connectivity index (χ1n) is 6.63. The molecular formula is C13H12ClN5OS3. The van der Waals surface area contributed by atoms with Gasteiger partial charge in [-0.1, -0.05) is 29.4 Å². The number of carbonyl (C=O) groups excluding carboxylic acids is 1. The molecule has 23 heavy (non-hydrogen) atoms. The monoisotopic (exact) mass is 385 g/mol. The van der Waals surface area contributed by atoms with E-state index in [-0.39, 0.29) is 11.7 Å². The fourth-order valence-electron chi connectivity index (χ4n) is 1.76. The van der Waals surface area contributed by atoms with Gasteiger partial charge in [0.2, 0.25) is 11.1 Å². The van der Waals surface area contributed by atoms with Gasteiger partial charge in [0.05, 0.1) is 23.2 Å². The molecule has 0 unspecified atom stereocenters. The predicted molar refractivity (Wildman–Crippen MR) is 93.1 cm³/mol. The van der Waals surface area contributed by atoms with Crippen molar-refractivity contribution >= 4 is 51.9 Å². The SMILES string of the molecule is O=C(CSc1nnnn1Cc1cccs1)NCc1ccc(Cl)s1. The Balaban J connectivity index is 1.48. The molecule has 0 aliphatic carbocycles. The Labute approximate surface area is 149 Å². The van der Waals surface area contributed by atoms with E-state index in [4.69, 9.17) is 11.6 Å². The number of hydrogen-bond acceptors (Lipinski definition) is 7. The normalized spacial score (nSPS) is 10.8. The summed E-state index contributed by atoms with van der Waals surface area (Å²) in [7, 11) is 0. The van der Waals surface area contributed by atoms with Crippen molar-refractivity contribution in [3.05, 3.63) is 43.7 Å². The maximum Gasteiger partial charge on any atom is 0.230 e. The average Bonchev–Trinajstić information content (AvgIpc) is 3.26. The second-order valence-corrected chi connectivity index (χ2v) is 8.24. The third-order valence-corrected chi connectivity index (χ3v) is 5.86. The van der Waals surface area contributed by atoms with Crippen LogP contribution in [0.2, 0.25) is 4.34 Å². The van der Waals surface area contributed by atoms with Crippen molar-refractivity contribution in [3.63, 3.8) is 0 Å². The van der Waals surface area contributed by atoms with Crippen molar-refractivity contribution in [2.75, 3.05) is 5.75 Å². The van der Waals surface area contributed by atoms with E-state index in [1.54, 1.807) is 16.0 Å². The zero-order valence-corrected chi connectivity index (χ0v) is 15.0. The van der Waals surface area contributed by atoms with Crippen LogP contribution in [0, 0.1) is 0 Å². The first-order valence-corrected chi connectivity index (χ1v) is 9.69. The van der Waals surface area contributed by atoms with Crippen molar-refractivity contribution in [3.8, 4) is 0 Å². The Kier molecular flexibility index (Phi) is 5.65. The maximum atomic E-state index is 11.9. The molecule has 0 saturated heterocycles. The van der Waals surface area contributed by atoms with E-state index < -0.39 is 0 Å². The minimum absolute atomic E-state index is 0.0646. The minimum Gasteiger partial charge on any atom is -0.350 e. The molecule has 0 bridgehead atoms. The zero-order chi connectivity index (χ0) is 16.1. The molecule has 1 N–H and O–H groups in total. The quantitative estimate of drug-likeness (QED) is 0.633. The van der Waals surface area contributed by atoms with Crippen LogP contribution in [0.5, 0.6) is 0 Å². The van der Waals surface area contributed by atoms with Crippen molar-refractivity contribution in [2.45, 2.75) is 18.2 Å². The van der Waals surface area contributed by atoms with Gasteiger partial charge in [-0.15, -0.1) is 27.8 Å². The van der Waals surface area contributed by atoms with Crippen LogP contribution < -0.4 is 5.32 Å². The van der Waals surface area contributed by atoms with Gasteiger partial charge in [0.25, 0.3) is 0 Å². The third kappa shape index (κ3) is 4.77. The van der Waals surface area contributed by atoms with Crippen LogP contribution in [-0.2, 0) is 17.9 Å². The summed E-state index contributed by atoms with van der Waals surface area (Å²) in [5.41, 5.74) is 0. The fraction of sp³-hybridized carbons (Fsp3) is 0.231. The van der Waals surface area contributed by atoms with Gasteiger partial charge in [-0.05, 0) is 34.0 Å². The smallest absolute Gasteiger partial charge is 0.230 e. The summed E-state index contributed by atoms with van der Waals surface area (Å²) < 4.78 is 2.42. The standard InChI is InChI=1S/C13H12ClN5OS3/c14-11-4-3-9(23-11)6-15-12(20)8-22-13-16-17-18-19(13)7-10-2-1-5-21-10/h1-5H,6-8H2,(H,15,20). The van der Waals surface area contributed by atoms with Gasteiger partial charge in [-0.25, -0.2) is 4.68 Å². The number of rotatable bonds is 7. The molecule has 3 rings (SSSR count). The van der Waals surface area contributed by atoms with E-state index in [9.17, 15) is 4.79 Å². The van der Waals surface area contributed by atoms with Crippen molar-refractivity contribution in [1.82, 2.24) is 25.5 Å². The van der Waals surface area contributed by atoms with E-state index in [1.165, 1.54) is 23.1 Å². The summed E-state index contributed by atoms with van der Waals surface area (Å²) in [6, 6.07) is 7.74. The van der Waals surface area contributed by atoms with Crippen LogP contribution in [0.3, 0.4) is 0 Å². The van der Waals surface area contributed by atoms with E-state index in [2.05, 4.69) is 20.8 Å². The molecule has 10 heteroatoms. The summed E-state index contributed by atoms with van der Waals surface area (Å²) in [4.78, 5) is 14.1. The van der Waals surface area contributed by atoms with Crippen molar-refractivity contribution in [1.29, 1.82) is 0 Å². The Hall–Kier alpha value is -1.42. The molecule has 0 aromatic carbocycles. The summed E-state index contributed by atoms with van der Waals surface area (Å²) >= 11 is 10.3. The van der Waals surface area contributed by atoms with Gasteiger partial charge >= 0.3 is 0 Å². The molecule has 0 aliphatic heterocycles. The molecule has 3 aromatic rings. The number of aromatic nitrogens is 4. The number of halogens is 1. The number of thioether (sulfide) groups is 1. The Bertz CT molecular complexity index is 770. The maximum absolute atomic E-state index is 11.9. The molecule has 3 heterocycles. The van der Waals surface area contributed by atoms with E-state index in [0.29, 0.717) is 18.2 Å². The third-order valence-electron chi connectivity index (χ3n) is 2.81. The molecule has 0 saturated carbocycles. The molecule has 6 nitrogen and oxygen atoms in total. The van der Waals surface area contributed by atoms with Crippen LogP contribution >= 0.6 is 46.0 Å². The number of amides is 1. The van der Waals surface area contributed by atoms with Gasteiger partial charge < -0.3 is 5.32 Å². The molecule has 0 aliphatic rings. The van der Waals surface area contributed by atoms with Gasteiger partial charge in [0.15, 0.2) is 0 Å². The van der Waals surface area contributed by atoms with Crippen LogP contribution in [0.15, 0.2) is 34.8 Å². The van der Waals surface area contributed by atoms with Gasteiger partial charge in [-0.3, -0.25) is 4.79 Å². The fourth-order valence-corrected chi connectivity index (χ4v) is 4.18. The number of carbonyl (C=O) groups is 1. The number of nitrogens with one attached hydrogen (secondary N) is 1. The van der Waals surface area contributed by atoms with Gasteiger partial charge in [0.1, 0.15) is 0 Å². The highest BCUT2D eigenvalue weighted by Gasteiger charge is 2.11. The average molecular weight is 386 g/mol. The van der Waals surface area contributed by atoms with Gasteiger partial charge in [0, 0.05) is 9.75 Å². The van der Waals surface area contributed by atoms with Crippen LogP contribution in [0.1, 0.15) is 9.75 Å². The van der Waals surface area contributed by atoms with Gasteiger partial charge in [-0.2, -0.15) is 0 Å². The molecular weight excluding hydrogens is 374 g/mol. The van der Waals surface area contributed by atoms with Crippen LogP contribution in [0.25, 0.3) is 0 Å². The number of thiophene rings is 2. The van der Waals surface area contributed by atoms with E-state index in [0.717, 1.165) is 14.1 Å². The number of tetrazole rings is 1. The lowest BCUT2D eigenvalue weighted by Gasteiger charge is -2.04. The molecule has 0 fully saturated rings. The van der Waals surface area contributed by atoms with Crippen molar-refractivity contribution in [2.24, 2.45) is 0 Å². The first kappa shape index (κ1) is 16.4. The summed E-state index contributed by atoms with van der Waals surface area (Å²) in [5, 5.41) is 17.1. The molecule has 3 aromatic heterocycles. The Morgan fingerprint density at radius 3 is 3.00 bits per heavy atom. The largest absolute Gasteiger partial charge is 0.350 e. The second kappa shape index (κ2) is 7.91. The van der Waals surface area contributed by atoms with Crippen LogP contribution in [-0.4, -0.2) is 31.9 Å². The van der Waals surface area contributed by atoms with Crippen LogP contribution in [0.4, 0.5) is 0 Å². The highest BCUT2D eigenvalue weighted by Crippen LogP contribution is 2.21. The number of nitrogens with zero attached hydrogens (tertiary/aromatic N) is 4. The predicted octanol–water partition coefficient (Wildman–Crippen LogP) is 2.91. The molecule has 120 valence electrons. The lowest BCUT2D eigenvalue weighted by Crippen LogP contribution is -2.24. The number of hydrogen-bond donors (Lipinski definition) is 1. The summed E-state index contributed by atoms with van der Waals surface area (Å²) in [6.45, 7) is 1.10. The Morgan fingerprint density at radius 2 is 2.26 bits per heavy atom. The molecule has 1 amide bonds. The van der Waals surface area contributed by atoms with E-state index >= 15 is 0 Å². The van der Waals surface area contributed by atoms with Crippen molar-refractivity contribution < 1.29 is 4.79 Å². The summed E-state index contributed by atoms with van der Waals surface area (Å²) in [5.74, 6) is 0.203. The van der Waals surface area contributed by atoms with E-state index in [1.807, 2.05) is 29.6 Å². The lowest BCUT2D eigenvalue weighted by atomic mass is 10.4. The molecule has 0 radical (unpaired) electrons. The molecule has 0 spiro atoms. The Morgan fingerprint density at radius 1 is 1.35 bits per heavy atom. The molecule has 0 atom stereocenters. The first-order chi connectivity index (χ1) is 11.2. The highest BCUT2D eigenvalue weighted by molar-refractivity contribution is 7.99. The lowest BCUT2D eigenvalue weighted by molar-refractivity contribution is -0.118. The summed E-state index contributed by atoms with van der Waals surface area (Å²) in [6.07, 6.45) is 0. The zero-order valence-electron chi connectivity index (χ0n) is 11.8. The second-order valence-electron chi connectivity index (χ2n) is 4.47. The topological polar surface area (TPSA) is 72.7 Å². The minimum atomic E-state index is -0.0646. The highest BCUT2D eigenvalue weighted by atomic mass is 35.5.